The van der Waals surface area contributed by atoms with Gasteiger partial charge in [-0.05, 0) is 53.1 Å². The minimum Gasteiger partial charge on any atom is -0.435 e. The second-order valence-electron chi connectivity index (χ2n) is 7.67. The lowest BCUT2D eigenvalue weighted by Crippen LogP contribution is -2.22. The summed E-state index contributed by atoms with van der Waals surface area (Å²) in [6.45, 7) is 0. The molecule has 196 valence electrons. The molecule has 0 bridgehead atoms. The molecule has 14 heteroatoms. The second kappa shape index (κ2) is 12.3. The summed E-state index contributed by atoms with van der Waals surface area (Å²) in [5.74, 6) is 3.30. The highest BCUT2D eigenvalue weighted by molar-refractivity contribution is 7.85. The number of hydrazine groups is 1. The van der Waals surface area contributed by atoms with Gasteiger partial charge in [-0.25, -0.2) is 15.6 Å². The quantitative estimate of drug-likeness (QED) is 0.0541. The fourth-order valence-corrected chi connectivity index (χ4v) is 4.32. The molecular weight excluding hydrogens is 524 g/mol. The van der Waals surface area contributed by atoms with E-state index in [1.165, 1.54) is 42.7 Å². The van der Waals surface area contributed by atoms with E-state index >= 15 is 0 Å². The van der Waals surface area contributed by atoms with E-state index in [2.05, 4.69) is 10.4 Å². The number of aliphatic imine (C=N–C) groups is 1. The zero-order valence-corrected chi connectivity index (χ0v) is 20.9. The predicted molar refractivity (Wildman–Crippen MR) is 141 cm³/mol. The molecule has 3 rings (SSSR count). The van der Waals surface area contributed by atoms with Crippen LogP contribution in [0.3, 0.4) is 0 Å². The monoisotopic (exact) mass is 548 g/mol. The summed E-state index contributed by atoms with van der Waals surface area (Å²) in [4.78, 5) is 28.2. The lowest BCUT2D eigenvalue weighted by atomic mass is 9.94. The van der Waals surface area contributed by atoms with Crippen molar-refractivity contribution in [2.24, 2.45) is 22.3 Å². The van der Waals surface area contributed by atoms with Crippen molar-refractivity contribution in [3.63, 3.8) is 0 Å². The van der Waals surface area contributed by atoms with E-state index in [0.29, 0.717) is 27.6 Å². The molecule has 3 aromatic carbocycles. The zero-order chi connectivity index (χ0) is 26.5. The molecule has 0 radical (unpaired) electrons. The Morgan fingerprint density at radius 2 is 1.73 bits per heavy atom. The van der Waals surface area contributed by atoms with Gasteiger partial charge in [0.1, 0.15) is 12.2 Å². The molecule has 12 nitrogen and oxygen atoms in total. The lowest BCUT2D eigenvalue weighted by Gasteiger charge is -2.20. The number of aryl methyl sites for hydroxylation is 1. The first-order valence-corrected chi connectivity index (χ1v) is 12.0. The van der Waals surface area contributed by atoms with Gasteiger partial charge in [-0.1, -0.05) is 24.3 Å². The Kier molecular flexibility index (Phi) is 9.68. The Morgan fingerprint density at radius 3 is 2.30 bits per heavy atom. The molecule has 0 aliphatic heterocycles. The topological polar surface area (TPSA) is 224 Å². The molecule has 1 amide bonds. The van der Waals surface area contributed by atoms with Gasteiger partial charge >= 0.3 is 16.1 Å². The Morgan fingerprint density at radius 1 is 1.08 bits per heavy atom. The molecule has 1 unspecified atom stereocenters. The summed E-state index contributed by atoms with van der Waals surface area (Å²) in [5.41, 5.74) is 12.2. The van der Waals surface area contributed by atoms with Crippen molar-refractivity contribution in [1.29, 1.82) is 5.41 Å². The van der Waals surface area contributed by atoms with Crippen molar-refractivity contribution in [3.8, 4) is 0 Å². The minimum absolute atomic E-state index is 0. The number of nitrogens with zero attached hydrogens (tertiary/aromatic N) is 1. The van der Waals surface area contributed by atoms with Gasteiger partial charge < -0.3 is 21.6 Å². The summed E-state index contributed by atoms with van der Waals surface area (Å²) in [7, 11) is -4.95. The molecule has 0 aliphatic carbocycles. The number of halogens is 1. The van der Waals surface area contributed by atoms with Crippen molar-refractivity contribution in [3.05, 3.63) is 76.9 Å². The van der Waals surface area contributed by atoms with Gasteiger partial charge in [0.15, 0.2) is 0 Å². The number of primary amides is 1. The van der Waals surface area contributed by atoms with E-state index in [1.807, 2.05) is 0 Å². The maximum Gasteiger partial charge on any atom is 0.339 e. The highest BCUT2D eigenvalue weighted by atomic mass is 35.5. The molecule has 0 saturated heterocycles. The summed E-state index contributed by atoms with van der Waals surface area (Å²) < 4.78 is 39.9. The maximum atomic E-state index is 12.8. The van der Waals surface area contributed by atoms with E-state index in [-0.39, 0.29) is 42.2 Å². The molecule has 0 spiro atoms. The third-order valence-electron chi connectivity index (χ3n) is 5.23. The summed E-state index contributed by atoms with van der Waals surface area (Å²) in [6, 6.07) is 13.4. The highest BCUT2D eigenvalue weighted by Crippen LogP contribution is 2.33. The van der Waals surface area contributed by atoms with Crippen LogP contribution in [0.5, 0.6) is 0 Å². The minimum atomic E-state index is -4.95. The normalized spacial score (nSPS) is 12.1. The number of rotatable bonds is 10. The number of hydrogen-bond donors (Lipinski definition) is 6. The smallest absolute Gasteiger partial charge is 0.339 e. The summed E-state index contributed by atoms with van der Waals surface area (Å²) in [6.07, 6.45) is 1.10. The largest absolute Gasteiger partial charge is 0.435 e. The van der Waals surface area contributed by atoms with E-state index in [0.717, 1.165) is 0 Å². The molecule has 0 fully saturated rings. The van der Waals surface area contributed by atoms with Crippen molar-refractivity contribution in [2.75, 3.05) is 0 Å². The van der Waals surface area contributed by atoms with Crippen molar-refractivity contribution in [1.82, 2.24) is 5.43 Å². The number of nitrogens with one attached hydrogen (secondary N) is 2. The fourth-order valence-electron chi connectivity index (χ4n) is 3.57. The Bertz CT molecular complexity index is 1460. The van der Waals surface area contributed by atoms with Gasteiger partial charge in [0.25, 0.3) is 5.44 Å². The average molecular weight is 549 g/mol. The molecule has 0 aromatic heterocycles. The van der Waals surface area contributed by atoms with Crippen LogP contribution in [-0.2, 0) is 26.1 Å². The van der Waals surface area contributed by atoms with E-state index < -0.39 is 27.4 Å². The average Bonchev–Trinajstić information content (AvgIpc) is 2.83. The van der Waals surface area contributed by atoms with Crippen LogP contribution in [-0.4, -0.2) is 37.0 Å². The lowest BCUT2D eigenvalue weighted by molar-refractivity contribution is -0.118. The number of esters is 1. The number of amides is 1. The number of ether oxygens (including phenoxy) is 1. The van der Waals surface area contributed by atoms with E-state index in [4.69, 9.17) is 27.5 Å². The molecule has 0 saturated carbocycles. The van der Waals surface area contributed by atoms with Crippen LogP contribution in [0.4, 0.5) is 5.69 Å². The molecule has 9 N–H and O–H groups in total. The molecule has 0 aliphatic rings. The van der Waals surface area contributed by atoms with Gasteiger partial charge in [0.2, 0.25) is 5.91 Å². The third-order valence-corrected chi connectivity index (χ3v) is 6.12. The highest BCUT2D eigenvalue weighted by Gasteiger charge is 2.32. The molecule has 0 heterocycles. The number of nitrogens with two attached hydrogens (primary N) is 3. The number of amidine groups is 1. The Hall–Kier alpha value is -4.04. The first-order chi connectivity index (χ1) is 17.0. The van der Waals surface area contributed by atoms with Crippen molar-refractivity contribution < 1.29 is 27.3 Å². The van der Waals surface area contributed by atoms with Gasteiger partial charge in [-0.3, -0.25) is 14.8 Å². The van der Waals surface area contributed by atoms with Crippen LogP contribution < -0.4 is 22.7 Å². The second-order valence-corrected chi connectivity index (χ2v) is 9.13. The molecule has 1 atom stereocenters. The third kappa shape index (κ3) is 7.24. The van der Waals surface area contributed by atoms with Gasteiger partial charge in [-0.15, -0.1) is 12.4 Å². The fraction of sp³-hybridized carbons (Fsp3) is 0.130. The first-order valence-electron chi connectivity index (χ1n) is 10.5. The molecule has 37 heavy (non-hydrogen) atoms. The number of carbonyl (C=O) groups excluding carboxylic acids is 2. The van der Waals surface area contributed by atoms with Crippen LogP contribution in [0.2, 0.25) is 0 Å². The number of nitrogen functional groups attached to an aromatic ring is 1. The standard InChI is InChI=1S/C23H24N6O6S.ClH/c24-20(30)10-9-18-17-7-4-15(21(25)26)11-14(17)3-8-19(18)23(36(32,33)34)35-22(31)13-1-5-16(6-2-13)28-12-29-27;/h1-8,11-12,23H,9-10,27H2,(H2,24,30)(H3,25,26)(H,28,29)(H,32,33,34);1H. The van der Waals surface area contributed by atoms with Crippen LogP contribution in [0.25, 0.3) is 10.8 Å². The maximum absolute atomic E-state index is 12.8. The van der Waals surface area contributed by atoms with E-state index in [9.17, 15) is 22.6 Å². The van der Waals surface area contributed by atoms with Gasteiger partial charge in [0.05, 0.1) is 11.3 Å². The molecular formula is C23H25ClN6O6S. The van der Waals surface area contributed by atoms with E-state index in [1.54, 1.807) is 18.2 Å². The zero-order valence-electron chi connectivity index (χ0n) is 19.2. The Balaban J connectivity index is 0.00000481. The molecule has 3 aromatic rings. The number of carbonyl (C=O) groups is 2. The van der Waals surface area contributed by atoms with Gasteiger partial charge in [0, 0.05) is 17.5 Å². The first kappa shape index (κ1) is 29.2. The number of fused-ring (bicyclic) bond motifs is 1. The summed E-state index contributed by atoms with van der Waals surface area (Å²) in [5, 5.41) is 8.73. The van der Waals surface area contributed by atoms with Crippen LogP contribution in [0.1, 0.15) is 38.9 Å². The van der Waals surface area contributed by atoms with Crippen LogP contribution in [0, 0.1) is 5.41 Å². The number of hydrogen-bond acceptors (Lipinski definition) is 8. The van der Waals surface area contributed by atoms with Gasteiger partial charge in [-0.2, -0.15) is 8.42 Å². The summed E-state index contributed by atoms with van der Waals surface area (Å²) >= 11 is 0. The van der Waals surface area contributed by atoms with Crippen molar-refractivity contribution >= 4 is 63.0 Å². The van der Waals surface area contributed by atoms with Crippen LogP contribution >= 0.6 is 12.4 Å². The SMILES string of the molecule is Cl.N=C(N)c1ccc2c(CCC(N)=O)c(C(OC(=O)c3ccc(N=CNN)cc3)S(=O)(=O)O)ccc2c1. The predicted octanol–water partition coefficient (Wildman–Crippen LogP) is 1.83. The number of benzene rings is 3. The Labute approximate surface area is 218 Å². The van der Waals surface area contributed by atoms with Crippen molar-refractivity contribution in [2.45, 2.75) is 18.3 Å². The van der Waals surface area contributed by atoms with Crippen LogP contribution in [0.15, 0.2) is 59.6 Å².